The van der Waals surface area contributed by atoms with E-state index in [2.05, 4.69) is 11.8 Å². The molecular formula is C15H15F3S. The van der Waals surface area contributed by atoms with Crippen molar-refractivity contribution < 1.29 is 13.2 Å². The first kappa shape index (κ1) is 14.3. The molecule has 0 atom stereocenters. The van der Waals surface area contributed by atoms with Crippen LogP contribution in [0.4, 0.5) is 13.2 Å². The van der Waals surface area contributed by atoms with Gasteiger partial charge in [-0.1, -0.05) is 31.3 Å². The molecule has 1 aliphatic carbocycles. The Hall–Kier alpha value is -1.08. The van der Waals surface area contributed by atoms with Crippen molar-refractivity contribution >= 4 is 11.8 Å². The largest absolute Gasteiger partial charge is 0.446 e. The van der Waals surface area contributed by atoms with E-state index < -0.39 is 5.51 Å². The quantitative estimate of drug-likeness (QED) is 0.555. The Labute approximate surface area is 115 Å². The summed E-state index contributed by atoms with van der Waals surface area (Å²) in [5, 5.41) is 0. The predicted molar refractivity (Wildman–Crippen MR) is 72.0 cm³/mol. The molecule has 0 aliphatic heterocycles. The normalized spacial score (nSPS) is 14.9. The van der Waals surface area contributed by atoms with Crippen molar-refractivity contribution in [2.24, 2.45) is 5.92 Å². The molecule has 19 heavy (non-hydrogen) atoms. The minimum atomic E-state index is -4.26. The summed E-state index contributed by atoms with van der Waals surface area (Å²) in [6, 6.07) is 5.22. The van der Waals surface area contributed by atoms with Crippen molar-refractivity contribution in [2.75, 3.05) is 0 Å². The lowest BCUT2D eigenvalue weighted by atomic mass is 10.1. The second kappa shape index (κ2) is 5.92. The zero-order chi connectivity index (χ0) is 13.9. The third-order valence-corrected chi connectivity index (χ3v) is 3.59. The Balaban J connectivity index is 2.27. The van der Waals surface area contributed by atoms with E-state index in [1.165, 1.54) is 0 Å². The van der Waals surface area contributed by atoms with Crippen LogP contribution in [0.5, 0.6) is 0 Å². The maximum Gasteiger partial charge on any atom is 0.446 e. The van der Waals surface area contributed by atoms with Crippen LogP contribution in [0.25, 0.3) is 0 Å². The lowest BCUT2D eigenvalue weighted by Crippen LogP contribution is -2.01. The predicted octanol–water partition coefficient (Wildman–Crippen LogP) is 5.01. The van der Waals surface area contributed by atoms with Gasteiger partial charge in [0.25, 0.3) is 0 Å². The van der Waals surface area contributed by atoms with Crippen LogP contribution in [-0.2, 0) is 6.42 Å². The van der Waals surface area contributed by atoms with Gasteiger partial charge in [-0.15, -0.1) is 0 Å². The first-order valence-corrected chi connectivity index (χ1v) is 7.20. The number of aryl methyl sites for hydroxylation is 1. The van der Waals surface area contributed by atoms with Gasteiger partial charge in [0.1, 0.15) is 0 Å². The summed E-state index contributed by atoms with van der Waals surface area (Å²) < 4.78 is 37.7. The highest BCUT2D eigenvalue weighted by Gasteiger charge is 2.30. The molecule has 0 aromatic heterocycles. The molecule has 0 nitrogen and oxygen atoms in total. The number of halogens is 3. The molecular weight excluding hydrogens is 269 g/mol. The molecule has 0 unspecified atom stereocenters. The fraction of sp³-hybridized carbons (Fsp3) is 0.467. The topological polar surface area (TPSA) is 0 Å². The van der Waals surface area contributed by atoms with Gasteiger partial charge >= 0.3 is 5.51 Å². The van der Waals surface area contributed by atoms with Crippen LogP contribution in [0.15, 0.2) is 23.1 Å². The van der Waals surface area contributed by atoms with E-state index in [0.717, 1.165) is 31.2 Å². The monoisotopic (exact) mass is 284 g/mol. The van der Waals surface area contributed by atoms with Gasteiger partial charge < -0.3 is 0 Å². The average molecular weight is 284 g/mol. The van der Waals surface area contributed by atoms with Crippen LogP contribution in [0.3, 0.4) is 0 Å². The molecule has 0 bridgehead atoms. The lowest BCUT2D eigenvalue weighted by Gasteiger charge is -2.09. The molecule has 0 radical (unpaired) electrons. The van der Waals surface area contributed by atoms with Crippen molar-refractivity contribution in [3.05, 3.63) is 29.3 Å². The molecule has 0 N–H and O–H groups in total. The van der Waals surface area contributed by atoms with Gasteiger partial charge in [0.2, 0.25) is 0 Å². The number of thioether (sulfide) groups is 1. The first-order chi connectivity index (χ1) is 8.98. The minimum Gasteiger partial charge on any atom is -0.160 e. The Morgan fingerprint density at radius 3 is 2.63 bits per heavy atom. The fourth-order valence-electron chi connectivity index (χ4n) is 1.73. The summed E-state index contributed by atoms with van der Waals surface area (Å²) in [4.78, 5) is 0.228. The van der Waals surface area contributed by atoms with Gasteiger partial charge in [-0.2, -0.15) is 13.2 Å². The maximum absolute atomic E-state index is 12.6. The highest BCUT2D eigenvalue weighted by molar-refractivity contribution is 8.00. The summed E-state index contributed by atoms with van der Waals surface area (Å²) in [6.45, 7) is 2.01. The summed E-state index contributed by atoms with van der Waals surface area (Å²) in [7, 11) is 0. The number of hydrogen-bond donors (Lipinski definition) is 0. The number of alkyl halides is 3. The molecule has 0 heterocycles. The van der Waals surface area contributed by atoms with Gasteiger partial charge in [0.05, 0.1) is 0 Å². The summed E-state index contributed by atoms with van der Waals surface area (Å²) in [6.07, 6.45) is 3.86. The SMILES string of the molecule is CCCc1ccc(C#CC2CC2)c(SC(F)(F)F)c1. The van der Waals surface area contributed by atoms with Crippen molar-refractivity contribution in [1.82, 2.24) is 0 Å². The molecule has 1 saturated carbocycles. The molecule has 1 aliphatic rings. The van der Waals surface area contributed by atoms with Crippen molar-refractivity contribution in [2.45, 2.75) is 43.0 Å². The Morgan fingerprint density at radius 1 is 1.32 bits per heavy atom. The number of rotatable bonds is 3. The van der Waals surface area contributed by atoms with Gasteiger partial charge in [-0.05, 0) is 48.7 Å². The highest BCUT2D eigenvalue weighted by Crippen LogP contribution is 2.39. The smallest absolute Gasteiger partial charge is 0.160 e. The zero-order valence-electron chi connectivity index (χ0n) is 10.7. The van der Waals surface area contributed by atoms with Gasteiger partial charge in [0, 0.05) is 16.4 Å². The molecule has 1 aromatic carbocycles. The summed E-state index contributed by atoms with van der Waals surface area (Å²) in [5.74, 6) is 6.30. The third kappa shape index (κ3) is 4.83. The Morgan fingerprint density at radius 2 is 2.05 bits per heavy atom. The Bertz CT molecular complexity index is 504. The Kier molecular flexibility index (Phi) is 4.46. The van der Waals surface area contributed by atoms with Crippen LogP contribution >= 0.6 is 11.8 Å². The van der Waals surface area contributed by atoms with Gasteiger partial charge in [-0.25, -0.2) is 0 Å². The van der Waals surface area contributed by atoms with E-state index >= 15 is 0 Å². The van der Waals surface area contributed by atoms with Crippen molar-refractivity contribution in [3.8, 4) is 11.8 Å². The maximum atomic E-state index is 12.6. The van der Waals surface area contributed by atoms with Crippen LogP contribution in [0.1, 0.15) is 37.3 Å². The van der Waals surface area contributed by atoms with E-state index in [0.29, 0.717) is 11.5 Å². The van der Waals surface area contributed by atoms with Crippen molar-refractivity contribution in [1.29, 1.82) is 0 Å². The molecule has 2 rings (SSSR count). The molecule has 0 spiro atoms. The number of hydrogen-bond acceptors (Lipinski definition) is 1. The molecule has 4 heteroatoms. The molecule has 102 valence electrons. The zero-order valence-corrected chi connectivity index (χ0v) is 11.5. The summed E-state index contributed by atoms with van der Waals surface area (Å²) in [5.41, 5.74) is -2.83. The number of benzene rings is 1. The highest BCUT2D eigenvalue weighted by atomic mass is 32.2. The summed E-state index contributed by atoms with van der Waals surface area (Å²) >= 11 is -0.0630. The second-order valence-corrected chi connectivity index (χ2v) is 5.78. The standard InChI is InChI=1S/C15H15F3S/c1-2-3-12-7-9-13(8-6-11-4-5-11)14(10-12)19-15(16,17)18/h7,9-11H,2-5H2,1H3. The second-order valence-electron chi connectivity index (χ2n) is 4.67. The van der Waals surface area contributed by atoms with Crippen LogP contribution in [0, 0.1) is 17.8 Å². The van der Waals surface area contributed by atoms with E-state index in [9.17, 15) is 13.2 Å². The third-order valence-electron chi connectivity index (χ3n) is 2.80. The average Bonchev–Trinajstić information content (AvgIpc) is 3.10. The molecule has 0 amide bonds. The van der Waals surface area contributed by atoms with E-state index in [1.807, 2.05) is 13.0 Å². The van der Waals surface area contributed by atoms with Gasteiger partial charge in [0.15, 0.2) is 0 Å². The molecule has 1 aromatic rings. The first-order valence-electron chi connectivity index (χ1n) is 6.38. The fourth-order valence-corrected chi connectivity index (χ4v) is 2.42. The van der Waals surface area contributed by atoms with E-state index in [-0.39, 0.29) is 16.7 Å². The van der Waals surface area contributed by atoms with E-state index in [4.69, 9.17) is 0 Å². The molecule has 1 fully saturated rings. The van der Waals surface area contributed by atoms with Gasteiger partial charge in [-0.3, -0.25) is 0 Å². The van der Waals surface area contributed by atoms with Crippen molar-refractivity contribution in [3.63, 3.8) is 0 Å². The van der Waals surface area contributed by atoms with Crippen LogP contribution in [-0.4, -0.2) is 5.51 Å². The van der Waals surface area contributed by atoms with Crippen LogP contribution < -0.4 is 0 Å². The molecule has 0 saturated heterocycles. The lowest BCUT2D eigenvalue weighted by molar-refractivity contribution is -0.0328. The van der Waals surface area contributed by atoms with Crippen LogP contribution in [0.2, 0.25) is 0 Å². The minimum absolute atomic E-state index is 0.0630. The van der Waals surface area contributed by atoms with E-state index in [1.54, 1.807) is 12.1 Å².